The minimum Gasteiger partial charge on any atom is -0.399 e. The van der Waals surface area contributed by atoms with Gasteiger partial charge in [-0.05, 0) is 30.3 Å². The van der Waals surface area contributed by atoms with Gasteiger partial charge >= 0.3 is 0 Å². The molecule has 1 aromatic carbocycles. The van der Waals surface area contributed by atoms with Crippen LogP contribution in [0.1, 0.15) is 0 Å². The van der Waals surface area contributed by atoms with E-state index < -0.39 is 0 Å². The first-order valence-corrected chi connectivity index (χ1v) is 6.90. The fraction of sp³-hybridized carbons (Fsp3) is 0.0769. The molecule has 0 spiro atoms. The molecule has 98 valence electrons. The number of rotatable bonds is 4. The molecule has 2 aromatic rings. The molecule has 0 atom stereocenters. The average Bonchev–Trinajstić information content (AvgIpc) is 2.39. The lowest BCUT2D eigenvalue weighted by atomic mass is 10.3. The van der Waals surface area contributed by atoms with E-state index in [0.717, 1.165) is 4.90 Å². The molecule has 0 fully saturated rings. The maximum atomic E-state index is 11.8. The van der Waals surface area contributed by atoms with Gasteiger partial charge in [0.25, 0.3) is 0 Å². The largest absolute Gasteiger partial charge is 0.399 e. The molecular weight excluding hydrogens is 282 g/mol. The highest BCUT2D eigenvalue weighted by molar-refractivity contribution is 8.00. The smallest absolute Gasteiger partial charge is 0.234 e. The monoisotopic (exact) mass is 293 g/mol. The van der Waals surface area contributed by atoms with Gasteiger partial charge in [-0.15, -0.1) is 11.8 Å². The number of anilines is 2. The van der Waals surface area contributed by atoms with Crippen LogP contribution in [0.3, 0.4) is 0 Å². The first-order chi connectivity index (χ1) is 9.15. The van der Waals surface area contributed by atoms with Crippen LogP contribution in [0.15, 0.2) is 47.5 Å². The molecule has 4 nitrogen and oxygen atoms in total. The van der Waals surface area contributed by atoms with Crippen molar-refractivity contribution < 1.29 is 4.79 Å². The Balaban J connectivity index is 1.90. The number of pyridine rings is 1. The number of hydrogen-bond acceptors (Lipinski definition) is 4. The molecule has 2 rings (SSSR count). The zero-order chi connectivity index (χ0) is 13.7. The Labute approximate surface area is 120 Å². The number of nitrogen functional groups attached to an aromatic ring is 1. The molecule has 0 aliphatic heterocycles. The predicted octanol–water partition coefficient (Wildman–Crippen LogP) is 3.05. The van der Waals surface area contributed by atoms with E-state index in [1.165, 1.54) is 11.8 Å². The lowest BCUT2D eigenvalue weighted by molar-refractivity contribution is -0.113. The van der Waals surface area contributed by atoms with Gasteiger partial charge in [-0.3, -0.25) is 4.79 Å². The number of thioether (sulfide) groups is 1. The maximum absolute atomic E-state index is 11.8. The highest BCUT2D eigenvalue weighted by Gasteiger charge is 2.06. The number of hydrogen-bond donors (Lipinski definition) is 2. The number of carbonyl (C=O) groups excluding carboxylic acids is 1. The fourth-order valence-electron chi connectivity index (χ4n) is 1.42. The second-order valence-electron chi connectivity index (χ2n) is 3.75. The number of carbonyl (C=O) groups is 1. The lowest BCUT2D eigenvalue weighted by Crippen LogP contribution is -2.14. The molecule has 0 aliphatic carbocycles. The summed E-state index contributed by atoms with van der Waals surface area (Å²) in [6, 6.07) is 10.8. The zero-order valence-corrected chi connectivity index (χ0v) is 11.5. The summed E-state index contributed by atoms with van der Waals surface area (Å²) >= 11 is 7.27. The summed E-state index contributed by atoms with van der Waals surface area (Å²) in [5.74, 6) is 0.150. The van der Waals surface area contributed by atoms with Gasteiger partial charge in [0.1, 0.15) is 0 Å². The van der Waals surface area contributed by atoms with Gasteiger partial charge in [0.15, 0.2) is 5.15 Å². The van der Waals surface area contributed by atoms with E-state index in [2.05, 4.69) is 10.3 Å². The molecule has 0 unspecified atom stereocenters. The molecule has 0 saturated heterocycles. The maximum Gasteiger partial charge on any atom is 0.234 e. The number of halogens is 1. The van der Waals surface area contributed by atoms with E-state index in [4.69, 9.17) is 17.3 Å². The van der Waals surface area contributed by atoms with Crippen LogP contribution in [0.25, 0.3) is 0 Å². The zero-order valence-electron chi connectivity index (χ0n) is 9.97. The van der Waals surface area contributed by atoms with Crippen molar-refractivity contribution in [1.82, 2.24) is 4.98 Å². The van der Waals surface area contributed by atoms with Crippen molar-refractivity contribution >= 4 is 40.6 Å². The third kappa shape index (κ3) is 4.15. The van der Waals surface area contributed by atoms with Gasteiger partial charge in [-0.2, -0.15) is 0 Å². The van der Waals surface area contributed by atoms with Crippen molar-refractivity contribution in [2.45, 2.75) is 4.90 Å². The summed E-state index contributed by atoms with van der Waals surface area (Å²) in [5.41, 5.74) is 6.87. The third-order valence-electron chi connectivity index (χ3n) is 2.26. The molecule has 0 saturated carbocycles. The normalized spacial score (nSPS) is 10.2. The van der Waals surface area contributed by atoms with Gasteiger partial charge in [-0.1, -0.05) is 17.7 Å². The van der Waals surface area contributed by atoms with Crippen LogP contribution in [0.4, 0.5) is 11.4 Å². The molecule has 3 N–H and O–H groups in total. The van der Waals surface area contributed by atoms with Gasteiger partial charge in [0, 0.05) is 16.8 Å². The van der Waals surface area contributed by atoms with Crippen molar-refractivity contribution in [1.29, 1.82) is 0 Å². The number of nitrogens with two attached hydrogens (primary N) is 1. The standard InChI is InChI=1S/C13H12ClN3OS/c14-13-11(5-2-6-16-13)17-12(18)8-19-10-4-1-3-9(15)7-10/h1-7H,8,15H2,(H,17,18). The van der Waals surface area contributed by atoms with Crippen LogP contribution in [-0.2, 0) is 4.79 Å². The van der Waals surface area contributed by atoms with Crippen molar-refractivity contribution in [2.75, 3.05) is 16.8 Å². The second-order valence-corrected chi connectivity index (χ2v) is 5.16. The Hall–Kier alpha value is -1.72. The Morgan fingerprint density at radius 1 is 1.37 bits per heavy atom. The fourth-order valence-corrected chi connectivity index (χ4v) is 2.35. The minimum absolute atomic E-state index is 0.137. The Kier molecular flexibility index (Phi) is 4.65. The first-order valence-electron chi connectivity index (χ1n) is 5.54. The van der Waals surface area contributed by atoms with E-state index in [1.54, 1.807) is 24.4 Å². The summed E-state index contributed by atoms with van der Waals surface area (Å²) in [5, 5.41) is 2.99. The average molecular weight is 294 g/mol. The lowest BCUT2D eigenvalue weighted by Gasteiger charge is -2.06. The second kappa shape index (κ2) is 6.45. The third-order valence-corrected chi connectivity index (χ3v) is 3.56. The number of aromatic nitrogens is 1. The van der Waals surface area contributed by atoms with Gasteiger partial charge in [-0.25, -0.2) is 4.98 Å². The topological polar surface area (TPSA) is 68.0 Å². The molecule has 19 heavy (non-hydrogen) atoms. The van der Waals surface area contributed by atoms with Crippen molar-refractivity contribution in [3.05, 3.63) is 47.7 Å². The van der Waals surface area contributed by atoms with Crippen LogP contribution in [-0.4, -0.2) is 16.6 Å². The number of benzene rings is 1. The highest BCUT2D eigenvalue weighted by atomic mass is 35.5. The van der Waals surface area contributed by atoms with Crippen molar-refractivity contribution in [2.24, 2.45) is 0 Å². The SMILES string of the molecule is Nc1cccc(SCC(=O)Nc2cccnc2Cl)c1. The Bertz CT molecular complexity index is 592. The molecule has 6 heteroatoms. The van der Waals surface area contributed by atoms with E-state index in [9.17, 15) is 4.79 Å². The summed E-state index contributed by atoms with van der Waals surface area (Å²) < 4.78 is 0. The summed E-state index contributed by atoms with van der Waals surface area (Å²) in [6.07, 6.45) is 1.57. The van der Waals surface area contributed by atoms with E-state index >= 15 is 0 Å². The predicted molar refractivity (Wildman–Crippen MR) is 79.5 cm³/mol. The molecule has 0 bridgehead atoms. The molecule has 0 aliphatic rings. The number of amides is 1. The van der Waals surface area contributed by atoms with Crippen LogP contribution in [0, 0.1) is 0 Å². The molecule has 0 radical (unpaired) electrons. The van der Waals surface area contributed by atoms with Crippen LogP contribution in [0.5, 0.6) is 0 Å². The first kappa shape index (κ1) is 13.7. The molecule has 1 heterocycles. The minimum atomic E-state index is -0.137. The van der Waals surface area contributed by atoms with Gasteiger partial charge < -0.3 is 11.1 Å². The number of nitrogens with zero attached hydrogens (tertiary/aromatic N) is 1. The summed E-state index contributed by atoms with van der Waals surface area (Å²) in [6.45, 7) is 0. The number of nitrogens with one attached hydrogen (secondary N) is 1. The van der Waals surface area contributed by atoms with Crippen LogP contribution in [0.2, 0.25) is 5.15 Å². The highest BCUT2D eigenvalue weighted by Crippen LogP contribution is 2.21. The van der Waals surface area contributed by atoms with Gasteiger partial charge in [0.05, 0.1) is 11.4 Å². The molecule has 1 amide bonds. The van der Waals surface area contributed by atoms with E-state index in [1.807, 2.05) is 18.2 Å². The molecule has 1 aromatic heterocycles. The Morgan fingerprint density at radius 2 is 2.21 bits per heavy atom. The summed E-state index contributed by atoms with van der Waals surface area (Å²) in [4.78, 5) is 16.6. The quantitative estimate of drug-likeness (QED) is 0.516. The van der Waals surface area contributed by atoms with Crippen LogP contribution < -0.4 is 11.1 Å². The van der Waals surface area contributed by atoms with Gasteiger partial charge in [0.2, 0.25) is 5.91 Å². The van der Waals surface area contributed by atoms with E-state index in [0.29, 0.717) is 11.4 Å². The van der Waals surface area contributed by atoms with Crippen LogP contribution >= 0.6 is 23.4 Å². The van der Waals surface area contributed by atoms with Crippen molar-refractivity contribution in [3.8, 4) is 0 Å². The summed E-state index contributed by atoms with van der Waals surface area (Å²) in [7, 11) is 0. The van der Waals surface area contributed by atoms with Crippen molar-refractivity contribution in [3.63, 3.8) is 0 Å². The Morgan fingerprint density at radius 3 is 2.95 bits per heavy atom. The van der Waals surface area contributed by atoms with E-state index in [-0.39, 0.29) is 16.8 Å². The molecular formula is C13H12ClN3OS.